The van der Waals surface area contributed by atoms with E-state index in [0.717, 1.165) is 13.0 Å². The first-order chi connectivity index (χ1) is 13.0. The van der Waals surface area contributed by atoms with Gasteiger partial charge in [0, 0.05) is 0 Å². The first-order valence-corrected chi connectivity index (χ1v) is 9.58. The van der Waals surface area contributed by atoms with E-state index in [0.29, 0.717) is 12.8 Å². The van der Waals surface area contributed by atoms with Crippen molar-refractivity contribution >= 4 is 23.7 Å². The van der Waals surface area contributed by atoms with Crippen LogP contribution in [0.25, 0.3) is 0 Å². The topological polar surface area (TPSA) is 157 Å². The Hall–Kier alpha value is -2.20. The Bertz CT molecular complexity index is 574. The van der Waals surface area contributed by atoms with E-state index in [9.17, 15) is 24.3 Å². The Morgan fingerprint density at radius 2 is 1.68 bits per heavy atom. The molecule has 0 aliphatic carbocycles. The fourth-order valence-corrected chi connectivity index (χ4v) is 2.91. The van der Waals surface area contributed by atoms with Gasteiger partial charge in [-0.2, -0.15) is 0 Å². The van der Waals surface area contributed by atoms with Gasteiger partial charge in [0.25, 0.3) is 0 Å². The summed E-state index contributed by atoms with van der Waals surface area (Å²) in [7, 11) is 0. The number of rotatable bonds is 10. The van der Waals surface area contributed by atoms with Gasteiger partial charge in [-0.05, 0) is 45.6 Å². The normalized spacial score (nSPS) is 20.7. The number of carbonyl (C=O) groups is 4. The summed E-state index contributed by atoms with van der Waals surface area (Å²) in [6, 6.07) is -3.74. The van der Waals surface area contributed by atoms with Crippen molar-refractivity contribution in [3.63, 3.8) is 0 Å². The van der Waals surface area contributed by atoms with Crippen LogP contribution < -0.4 is 21.3 Å². The molecule has 6 N–H and O–H groups in total. The van der Waals surface area contributed by atoms with Gasteiger partial charge in [-0.3, -0.25) is 19.2 Å². The van der Waals surface area contributed by atoms with Crippen LogP contribution in [0.2, 0.25) is 0 Å². The van der Waals surface area contributed by atoms with Crippen molar-refractivity contribution in [3.8, 4) is 0 Å². The summed E-state index contributed by atoms with van der Waals surface area (Å²) in [6.45, 7) is 7.12. The van der Waals surface area contributed by atoms with Crippen LogP contribution in [0.15, 0.2) is 0 Å². The van der Waals surface area contributed by atoms with Crippen molar-refractivity contribution in [2.75, 3.05) is 6.54 Å². The number of aliphatic carboxylic acids is 1. The number of carbonyl (C=O) groups excluding carboxylic acids is 3. The van der Waals surface area contributed by atoms with Crippen molar-refractivity contribution in [1.82, 2.24) is 21.3 Å². The lowest BCUT2D eigenvalue weighted by atomic mass is 10.0. The van der Waals surface area contributed by atoms with E-state index in [-0.39, 0.29) is 17.9 Å². The number of nitrogens with one attached hydrogen (secondary N) is 4. The third-order valence-electron chi connectivity index (χ3n) is 4.51. The number of hydrogen-bond acceptors (Lipinski definition) is 6. The van der Waals surface area contributed by atoms with E-state index in [1.807, 2.05) is 13.8 Å². The minimum Gasteiger partial charge on any atom is -0.480 e. The van der Waals surface area contributed by atoms with Crippen LogP contribution in [0.5, 0.6) is 0 Å². The lowest BCUT2D eigenvalue weighted by molar-refractivity contribution is -0.142. The second-order valence-electron chi connectivity index (χ2n) is 7.64. The number of aliphatic hydroxyl groups excluding tert-OH is 1. The highest BCUT2D eigenvalue weighted by Crippen LogP contribution is 2.09. The molecule has 0 spiro atoms. The Labute approximate surface area is 164 Å². The van der Waals surface area contributed by atoms with E-state index >= 15 is 0 Å². The van der Waals surface area contributed by atoms with Crippen molar-refractivity contribution < 1.29 is 29.4 Å². The number of carboxylic acids is 1. The van der Waals surface area contributed by atoms with Gasteiger partial charge in [0.1, 0.15) is 18.1 Å². The molecule has 10 heteroatoms. The third-order valence-corrected chi connectivity index (χ3v) is 4.51. The molecule has 1 aliphatic rings. The van der Waals surface area contributed by atoms with E-state index in [2.05, 4.69) is 21.3 Å². The molecule has 1 fully saturated rings. The lowest BCUT2D eigenvalue weighted by Gasteiger charge is -2.26. The highest BCUT2D eigenvalue weighted by molar-refractivity contribution is 5.94. The zero-order valence-electron chi connectivity index (χ0n) is 16.8. The van der Waals surface area contributed by atoms with Gasteiger partial charge in [0.15, 0.2) is 0 Å². The average molecular weight is 400 g/mol. The Balaban J connectivity index is 2.82. The molecule has 0 bridgehead atoms. The highest BCUT2D eigenvalue weighted by atomic mass is 16.4. The first-order valence-electron chi connectivity index (χ1n) is 9.58. The van der Waals surface area contributed by atoms with Crippen molar-refractivity contribution in [2.45, 2.75) is 77.2 Å². The molecule has 1 aliphatic heterocycles. The molecular formula is C18H32N4O6. The van der Waals surface area contributed by atoms with Gasteiger partial charge >= 0.3 is 5.97 Å². The molecule has 0 radical (unpaired) electrons. The number of amides is 3. The smallest absolute Gasteiger partial charge is 0.325 e. The zero-order valence-corrected chi connectivity index (χ0v) is 16.8. The summed E-state index contributed by atoms with van der Waals surface area (Å²) in [5.41, 5.74) is 0. The Morgan fingerprint density at radius 1 is 1.04 bits per heavy atom. The maximum Gasteiger partial charge on any atom is 0.325 e. The fourth-order valence-electron chi connectivity index (χ4n) is 2.91. The van der Waals surface area contributed by atoms with E-state index < -0.39 is 42.0 Å². The lowest BCUT2D eigenvalue weighted by Crippen LogP contribution is -2.59. The largest absolute Gasteiger partial charge is 0.480 e. The number of carboxylic acid groups (broad SMARTS) is 1. The molecule has 1 heterocycles. The first kappa shape index (κ1) is 23.8. The van der Waals surface area contributed by atoms with Crippen LogP contribution in [-0.4, -0.2) is 70.7 Å². The van der Waals surface area contributed by atoms with Crippen LogP contribution in [0.3, 0.4) is 0 Å². The average Bonchev–Trinajstić information content (AvgIpc) is 3.12. The van der Waals surface area contributed by atoms with E-state index in [1.165, 1.54) is 13.8 Å². The van der Waals surface area contributed by atoms with Crippen LogP contribution in [-0.2, 0) is 19.2 Å². The molecule has 160 valence electrons. The van der Waals surface area contributed by atoms with Crippen molar-refractivity contribution in [1.29, 1.82) is 0 Å². The standard InChI is InChI=1S/C18H32N4O6/c1-9(2)8-13(21-15(24)12-6-5-7-19-12)16(25)22-14(11(4)23)17(26)20-10(3)18(27)28/h9-14,19,23H,5-8H2,1-4H3,(H,20,26)(H,21,24)(H,22,25)(H,27,28). The van der Waals surface area contributed by atoms with Gasteiger partial charge in [-0.15, -0.1) is 0 Å². The third kappa shape index (κ3) is 7.43. The van der Waals surface area contributed by atoms with Crippen molar-refractivity contribution in [3.05, 3.63) is 0 Å². The predicted molar refractivity (Wildman–Crippen MR) is 101 cm³/mol. The molecule has 5 atom stereocenters. The summed E-state index contributed by atoms with van der Waals surface area (Å²) < 4.78 is 0. The van der Waals surface area contributed by atoms with E-state index in [4.69, 9.17) is 5.11 Å². The van der Waals surface area contributed by atoms with Crippen molar-refractivity contribution in [2.24, 2.45) is 5.92 Å². The van der Waals surface area contributed by atoms with Crippen LogP contribution in [0, 0.1) is 5.92 Å². The molecule has 0 aromatic heterocycles. The summed E-state index contributed by atoms with van der Waals surface area (Å²) in [4.78, 5) is 48.3. The second kappa shape index (κ2) is 11.0. The monoisotopic (exact) mass is 400 g/mol. The second-order valence-corrected chi connectivity index (χ2v) is 7.64. The summed E-state index contributed by atoms with van der Waals surface area (Å²) in [5, 5.41) is 29.2. The van der Waals surface area contributed by atoms with Gasteiger partial charge in [-0.25, -0.2) is 0 Å². The molecule has 0 saturated carbocycles. The summed E-state index contributed by atoms with van der Waals surface area (Å²) >= 11 is 0. The zero-order chi connectivity index (χ0) is 21.4. The molecule has 0 aromatic rings. The van der Waals surface area contributed by atoms with Gasteiger partial charge in [0.05, 0.1) is 12.1 Å². The molecule has 1 rings (SSSR count). The Morgan fingerprint density at radius 3 is 2.14 bits per heavy atom. The fraction of sp³-hybridized carbons (Fsp3) is 0.778. The highest BCUT2D eigenvalue weighted by Gasteiger charge is 2.32. The predicted octanol–water partition coefficient (Wildman–Crippen LogP) is -1.28. The molecule has 0 aromatic carbocycles. The molecule has 5 unspecified atom stereocenters. The van der Waals surface area contributed by atoms with Crippen LogP contribution in [0.4, 0.5) is 0 Å². The number of aliphatic hydroxyl groups is 1. The SMILES string of the molecule is CC(C)CC(NC(=O)C1CCCN1)C(=O)NC(C(=O)NC(C)C(=O)O)C(C)O. The van der Waals surface area contributed by atoms with Gasteiger partial charge < -0.3 is 31.5 Å². The van der Waals surface area contributed by atoms with Crippen LogP contribution >= 0.6 is 0 Å². The minimum atomic E-state index is -1.34. The maximum atomic E-state index is 12.7. The summed E-state index contributed by atoms with van der Waals surface area (Å²) in [5.74, 6) is -2.85. The quantitative estimate of drug-likeness (QED) is 0.267. The molecular weight excluding hydrogens is 368 g/mol. The van der Waals surface area contributed by atoms with Crippen LogP contribution in [0.1, 0.15) is 47.0 Å². The van der Waals surface area contributed by atoms with Gasteiger partial charge in [0.2, 0.25) is 17.7 Å². The van der Waals surface area contributed by atoms with E-state index in [1.54, 1.807) is 0 Å². The molecule has 1 saturated heterocycles. The molecule has 28 heavy (non-hydrogen) atoms. The van der Waals surface area contributed by atoms with Gasteiger partial charge in [-0.1, -0.05) is 13.8 Å². The molecule has 10 nitrogen and oxygen atoms in total. The number of hydrogen-bond donors (Lipinski definition) is 6. The minimum absolute atomic E-state index is 0.0958. The molecule has 3 amide bonds. The Kier molecular flexibility index (Phi) is 9.33. The summed E-state index contributed by atoms with van der Waals surface area (Å²) in [6.07, 6.45) is 0.666. The maximum absolute atomic E-state index is 12.7.